The van der Waals surface area contributed by atoms with Crippen LogP contribution in [0.4, 0.5) is 24.5 Å². The van der Waals surface area contributed by atoms with Crippen molar-refractivity contribution in [1.29, 1.82) is 0 Å². The van der Waals surface area contributed by atoms with Crippen LogP contribution in [0.5, 0.6) is 17.2 Å². The molecule has 1 aliphatic heterocycles. The van der Waals surface area contributed by atoms with E-state index in [9.17, 15) is 26.4 Å². The number of hydrogen-bond donors (Lipinski definition) is 2. The molecular weight excluding hydrogens is 477 g/mol. The Labute approximate surface area is 192 Å². The molecule has 2 N–H and O–H groups in total. The number of carbonyl (C=O) groups is 1. The van der Waals surface area contributed by atoms with Gasteiger partial charge >= 0.3 is 6.36 Å². The highest BCUT2D eigenvalue weighted by molar-refractivity contribution is 7.92. The number of anilines is 2. The number of halogens is 3. The molecule has 0 bridgehead atoms. The lowest BCUT2D eigenvalue weighted by molar-refractivity contribution is -0.274. The van der Waals surface area contributed by atoms with Crippen LogP contribution < -0.4 is 24.2 Å². The first kappa shape index (κ1) is 23.2. The second kappa shape index (κ2) is 9.14. The van der Waals surface area contributed by atoms with E-state index in [4.69, 9.17) is 9.47 Å². The Morgan fingerprint density at radius 1 is 0.882 bits per heavy atom. The standard InChI is InChI=1S/C22H17F3N2O6S/c23-22(24,25)33-17-6-4-15(5-7-17)26-21(28)14-2-1-3-16(12-14)27-34(29,30)18-8-9-19-20(13-18)32-11-10-31-19/h1-9,12-13,27H,10-11H2,(H,26,28). The predicted octanol–water partition coefficient (Wildman–Crippen LogP) is 4.41. The molecule has 0 saturated heterocycles. The van der Waals surface area contributed by atoms with Gasteiger partial charge in [0.15, 0.2) is 11.5 Å². The van der Waals surface area contributed by atoms with Gasteiger partial charge in [-0.25, -0.2) is 8.42 Å². The number of fused-ring (bicyclic) bond motifs is 1. The maximum atomic E-state index is 12.8. The minimum absolute atomic E-state index is 0.0484. The molecular formula is C22H17F3N2O6S. The van der Waals surface area contributed by atoms with Gasteiger partial charge in [-0.05, 0) is 54.6 Å². The number of ether oxygens (including phenoxy) is 3. The summed E-state index contributed by atoms with van der Waals surface area (Å²) in [5, 5.41) is 2.52. The maximum absolute atomic E-state index is 12.8. The van der Waals surface area contributed by atoms with Crippen LogP contribution in [0.25, 0.3) is 0 Å². The fraction of sp³-hybridized carbons (Fsp3) is 0.136. The summed E-state index contributed by atoms with van der Waals surface area (Å²) in [5.74, 6) is -0.262. The van der Waals surface area contributed by atoms with Gasteiger partial charge in [0.2, 0.25) is 0 Å². The van der Waals surface area contributed by atoms with E-state index in [1.165, 1.54) is 54.6 Å². The first-order valence-electron chi connectivity index (χ1n) is 9.79. The topological polar surface area (TPSA) is 103 Å². The monoisotopic (exact) mass is 494 g/mol. The van der Waals surface area contributed by atoms with E-state index in [2.05, 4.69) is 14.8 Å². The van der Waals surface area contributed by atoms with Crippen molar-refractivity contribution in [3.05, 3.63) is 72.3 Å². The van der Waals surface area contributed by atoms with E-state index in [-0.39, 0.29) is 21.8 Å². The first-order valence-corrected chi connectivity index (χ1v) is 11.3. The smallest absolute Gasteiger partial charge is 0.486 e. The largest absolute Gasteiger partial charge is 0.573 e. The normalized spacial score (nSPS) is 13.1. The molecule has 1 amide bonds. The predicted molar refractivity (Wildman–Crippen MR) is 116 cm³/mol. The molecule has 8 nitrogen and oxygen atoms in total. The van der Waals surface area contributed by atoms with E-state index >= 15 is 0 Å². The number of alkyl halides is 3. The minimum Gasteiger partial charge on any atom is -0.486 e. The molecule has 12 heteroatoms. The van der Waals surface area contributed by atoms with Crippen molar-refractivity contribution in [3.8, 4) is 17.2 Å². The number of sulfonamides is 1. The SMILES string of the molecule is O=C(Nc1ccc(OC(F)(F)F)cc1)c1cccc(NS(=O)(=O)c2ccc3c(c2)OCCO3)c1. The van der Waals surface area contributed by atoms with Crippen LogP contribution in [0.3, 0.4) is 0 Å². The van der Waals surface area contributed by atoms with Gasteiger partial charge < -0.3 is 19.5 Å². The quantitative estimate of drug-likeness (QED) is 0.526. The molecule has 0 spiro atoms. The van der Waals surface area contributed by atoms with Gasteiger partial charge in [0, 0.05) is 23.0 Å². The van der Waals surface area contributed by atoms with E-state index in [0.717, 1.165) is 12.1 Å². The summed E-state index contributed by atoms with van der Waals surface area (Å²) in [6, 6.07) is 14.6. The molecule has 1 aliphatic rings. The summed E-state index contributed by atoms with van der Waals surface area (Å²) >= 11 is 0. The summed E-state index contributed by atoms with van der Waals surface area (Å²) in [6.07, 6.45) is -4.82. The highest BCUT2D eigenvalue weighted by atomic mass is 32.2. The van der Waals surface area contributed by atoms with Gasteiger partial charge in [-0.3, -0.25) is 9.52 Å². The van der Waals surface area contributed by atoms with Gasteiger partial charge in [0.05, 0.1) is 4.90 Å². The highest BCUT2D eigenvalue weighted by Gasteiger charge is 2.31. The molecule has 0 unspecified atom stereocenters. The average Bonchev–Trinajstić information content (AvgIpc) is 2.79. The van der Waals surface area contributed by atoms with Crippen molar-refractivity contribution in [2.45, 2.75) is 11.3 Å². The number of amides is 1. The molecule has 0 aromatic heterocycles. The van der Waals surface area contributed by atoms with E-state index in [1.54, 1.807) is 0 Å². The van der Waals surface area contributed by atoms with Crippen molar-refractivity contribution in [2.24, 2.45) is 0 Å². The Morgan fingerprint density at radius 2 is 1.59 bits per heavy atom. The first-order chi connectivity index (χ1) is 16.1. The zero-order valence-electron chi connectivity index (χ0n) is 17.3. The molecule has 4 rings (SSSR count). The fourth-order valence-electron chi connectivity index (χ4n) is 3.07. The van der Waals surface area contributed by atoms with Gasteiger partial charge in [-0.1, -0.05) is 6.07 Å². The molecule has 3 aromatic rings. The van der Waals surface area contributed by atoms with Crippen molar-refractivity contribution in [1.82, 2.24) is 0 Å². The Morgan fingerprint density at radius 3 is 2.29 bits per heavy atom. The van der Waals surface area contributed by atoms with Gasteiger partial charge in [-0.2, -0.15) is 0 Å². The van der Waals surface area contributed by atoms with Crippen LogP contribution >= 0.6 is 0 Å². The number of nitrogens with one attached hydrogen (secondary N) is 2. The summed E-state index contributed by atoms with van der Waals surface area (Å²) in [7, 11) is -3.99. The second-order valence-corrected chi connectivity index (χ2v) is 8.70. The zero-order valence-corrected chi connectivity index (χ0v) is 18.1. The molecule has 1 heterocycles. The van der Waals surface area contributed by atoms with Crippen LogP contribution in [0.1, 0.15) is 10.4 Å². The summed E-state index contributed by atoms with van der Waals surface area (Å²) in [5.41, 5.74) is 0.483. The van der Waals surface area contributed by atoms with E-state index in [1.807, 2.05) is 0 Å². The third-order valence-electron chi connectivity index (χ3n) is 4.55. The van der Waals surface area contributed by atoms with Gasteiger partial charge in [0.25, 0.3) is 15.9 Å². The van der Waals surface area contributed by atoms with Crippen molar-refractivity contribution in [2.75, 3.05) is 23.3 Å². The number of carbonyl (C=O) groups excluding carboxylic acids is 1. The lowest BCUT2D eigenvalue weighted by Gasteiger charge is -2.19. The van der Waals surface area contributed by atoms with E-state index in [0.29, 0.717) is 24.7 Å². The third-order valence-corrected chi connectivity index (χ3v) is 5.93. The summed E-state index contributed by atoms with van der Waals surface area (Å²) in [4.78, 5) is 12.5. The van der Waals surface area contributed by atoms with Crippen molar-refractivity contribution < 1.29 is 40.6 Å². The minimum atomic E-state index is -4.82. The molecule has 0 atom stereocenters. The zero-order chi connectivity index (χ0) is 24.3. The van der Waals surface area contributed by atoms with Crippen LogP contribution in [0, 0.1) is 0 Å². The highest BCUT2D eigenvalue weighted by Crippen LogP contribution is 2.33. The Bertz CT molecular complexity index is 1310. The lowest BCUT2D eigenvalue weighted by Crippen LogP contribution is -2.18. The van der Waals surface area contributed by atoms with Crippen molar-refractivity contribution >= 4 is 27.3 Å². The Hall–Kier alpha value is -3.93. The van der Waals surface area contributed by atoms with Crippen molar-refractivity contribution in [3.63, 3.8) is 0 Å². The van der Waals surface area contributed by atoms with Crippen LogP contribution in [-0.2, 0) is 10.0 Å². The number of hydrogen-bond acceptors (Lipinski definition) is 6. The second-order valence-electron chi connectivity index (χ2n) is 7.02. The molecule has 34 heavy (non-hydrogen) atoms. The Balaban J connectivity index is 1.45. The molecule has 0 fully saturated rings. The third kappa shape index (κ3) is 5.70. The van der Waals surface area contributed by atoms with Crippen LogP contribution in [0.15, 0.2) is 71.6 Å². The molecule has 3 aromatic carbocycles. The summed E-state index contributed by atoms with van der Waals surface area (Å²) in [6.45, 7) is 0.677. The fourth-order valence-corrected chi connectivity index (χ4v) is 4.14. The van der Waals surface area contributed by atoms with Gasteiger partial charge in [-0.15, -0.1) is 13.2 Å². The molecule has 0 saturated carbocycles. The van der Waals surface area contributed by atoms with E-state index < -0.39 is 28.0 Å². The molecule has 0 aliphatic carbocycles. The number of benzene rings is 3. The van der Waals surface area contributed by atoms with Gasteiger partial charge in [0.1, 0.15) is 19.0 Å². The Kier molecular flexibility index (Phi) is 6.24. The lowest BCUT2D eigenvalue weighted by atomic mass is 10.2. The van der Waals surface area contributed by atoms with Crippen LogP contribution in [0.2, 0.25) is 0 Å². The average molecular weight is 494 g/mol. The number of rotatable bonds is 6. The molecule has 0 radical (unpaired) electrons. The van der Waals surface area contributed by atoms with Crippen LogP contribution in [-0.4, -0.2) is 33.9 Å². The summed E-state index contributed by atoms with van der Waals surface area (Å²) < 4.78 is 79.3. The maximum Gasteiger partial charge on any atom is 0.573 e. The molecule has 178 valence electrons.